The Hall–Kier alpha value is -1.64. The summed E-state index contributed by atoms with van der Waals surface area (Å²) in [7, 11) is 1.62. The molecule has 0 N–H and O–H groups in total. The molecule has 0 bridgehead atoms. The zero-order valence-electron chi connectivity index (χ0n) is 7.61. The van der Waals surface area contributed by atoms with Crippen molar-refractivity contribution in [1.82, 2.24) is 9.97 Å². The number of nitrogens with zero attached hydrogens (tertiary/aromatic N) is 2. The Labute approximate surface area is 76.4 Å². The van der Waals surface area contributed by atoms with Crippen molar-refractivity contribution < 1.29 is 4.74 Å². The van der Waals surface area contributed by atoms with Gasteiger partial charge in [-0.25, -0.2) is 9.97 Å². The molecule has 0 saturated heterocycles. The van der Waals surface area contributed by atoms with Gasteiger partial charge in [0.25, 0.3) is 0 Å². The third kappa shape index (κ3) is 1.33. The van der Waals surface area contributed by atoms with Gasteiger partial charge in [-0.3, -0.25) is 0 Å². The summed E-state index contributed by atoms with van der Waals surface area (Å²) in [6.45, 7) is 2.03. The monoisotopic (exact) mass is 174 g/mol. The van der Waals surface area contributed by atoms with E-state index in [1.165, 1.54) is 11.9 Å². The standard InChI is InChI=1S/C10H10N2O/c1-7-3-4-9-8(5-7)10(13-2)12-6-11-9/h3-6H,1-2H3. The minimum Gasteiger partial charge on any atom is -0.480 e. The number of hydrogen-bond donors (Lipinski definition) is 0. The number of ether oxygens (including phenoxy) is 1. The predicted molar refractivity (Wildman–Crippen MR) is 50.8 cm³/mol. The molecular formula is C10H10N2O. The van der Waals surface area contributed by atoms with Crippen LogP contribution in [-0.4, -0.2) is 17.1 Å². The van der Waals surface area contributed by atoms with Crippen LogP contribution in [0.4, 0.5) is 0 Å². The Balaban J connectivity index is 2.79. The number of aryl methyl sites for hydroxylation is 1. The molecule has 0 spiro atoms. The van der Waals surface area contributed by atoms with Crippen LogP contribution < -0.4 is 4.74 Å². The summed E-state index contributed by atoms with van der Waals surface area (Å²) in [5, 5.41) is 0.963. The van der Waals surface area contributed by atoms with Crippen LogP contribution in [0.15, 0.2) is 24.5 Å². The highest BCUT2D eigenvalue weighted by Crippen LogP contribution is 2.21. The highest BCUT2D eigenvalue weighted by atomic mass is 16.5. The first-order chi connectivity index (χ1) is 6.31. The molecule has 3 heteroatoms. The smallest absolute Gasteiger partial charge is 0.224 e. The fourth-order valence-corrected chi connectivity index (χ4v) is 1.31. The fourth-order valence-electron chi connectivity index (χ4n) is 1.31. The van der Waals surface area contributed by atoms with Crippen LogP contribution in [0, 0.1) is 6.92 Å². The molecule has 1 aromatic carbocycles. The largest absolute Gasteiger partial charge is 0.480 e. The lowest BCUT2D eigenvalue weighted by molar-refractivity contribution is 0.402. The second-order valence-corrected chi connectivity index (χ2v) is 2.90. The third-order valence-electron chi connectivity index (χ3n) is 1.95. The van der Waals surface area contributed by atoms with E-state index in [2.05, 4.69) is 9.97 Å². The van der Waals surface area contributed by atoms with Gasteiger partial charge in [0.05, 0.1) is 18.0 Å². The lowest BCUT2D eigenvalue weighted by Crippen LogP contribution is -1.90. The molecule has 66 valence electrons. The molecule has 2 aromatic rings. The first kappa shape index (κ1) is 7.98. The van der Waals surface area contributed by atoms with E-state index < -0.39 is 0 Å². The molecule has 3 nitrogen and oxygen atoms in total. The summed E-state index contributed by atoms with van der Waals surface area (Å²) in [6, 6.07) is 6.01. The number of fused-ring (bicyclic) bond motifs is 1. The van der Waals surface area contributed by atoms with E-state index >= 15 is 0 Å². The van der Waals surface area contributed by atoms with Crippen molar-refractivity contribution in [2.24, 2.45) is 0 Å². The van der Waals surface area contributed by atoms with Crippen LogP contribution in [0.3, 0.4) is 0 Å². The van der Waals surface area contributed by atoms with Crippen LogP contribution in [0.2, 0.25) is 0 Å². The van der Waals surface area contributed by atoms with Gasteiger partial charge in [0.2, 0.25) is 5.88 Å². The lowest BCUT2D eigenvalue weighted by Gasteiger charge is -2.03. The molecule has 0 aliphatic rings. The molecule has 0 fully saturated rings. The van der Waals surface area contributed by atoms with E-state index in [1.807, 2.05) is 25.1 Å². The van der Waals surface area contributed by atoms with Crippen molar-refractivity contribution in [2.45, 2.75) is 6.92 Å². The molecule has 0 radical (unpaired) electrons. The Kier molecular flexibility index (Phi) is 1.85. The number of aromatic nitrogens is 2. The van der Waals surface area contributed by atoms with E-state index in [-0.39, 0.29) is 0 Å². The Morgan fingerprint density at radius 3 is 2.85 bits per heavy atom. The van der Waals surface area contributed by atoms with Crippen molar-refractivity contribution in [3.63, 3.8) is 0 Å². The van der Waals surface area contributed by atoms with Gasteiger partial charge in [0.15, 0.2) is 0 Å². The summed E-state index contributed by atoms with van der Waals surface area (Å²) < 4.78 is 5.13. The van der Waals surface area contributed by atoms with E-state index in [4.69, 9.17) is 4.74 Å². The average Bonchev–Trinajstić information content (AvgIpc) is 2.17. The molecule has 0 atom stereocenters. The molecule has 1 heterocycles. The van der Waals surface area contributed by atoms with Crippen molar-refractivity contribution in [3.8, 4) is 5.88 Å². The van der Waals surface area contributed by atoms with Crippen LogP contribution in [0.1, 0.15) is 5.56 Å². The minimum absolute atomic E-state index is 0.633. The van der Waals surface area contributed by atoms with Crippen LogP contribution in [0.25, 0.3) is 10.9 Å². The first-order valence-corrected chi connectivity index (χ1v) is 4.06. The lowest BCUT2D eigenvalue weighted by atomic mass is 10.2. The van der Waals surface area contributed by atoms with Crippen molar-refractivity contribution in [1.29, 1.82) is 0 Å². The summed E-state index contributed by atoms with van der Waals surface area (Å²) in [6.07, 6.45) is 1.51. The first-order valence-electron chi connectivity index (χ1n) is 4.06. The van der Waals surface area contributed by atoms with E-state index in [0.717, 1.165) is 10.9 Å². The fraction of sp³-hybridized carbons (Fsp3) is 0.200. The topological polar surface area (TPSA) is 35.0 Å². The number of hydrogen-bond acceptors (Lipinski definition) is 3. The average molecular weight is 174 g/mol. The number of benzene rings is 1. The van der Waals surface area contributed by atoms with Crippen molar-refractivity contribution >= 4 is 10.9 Å². The Bertz CT molecular complexity index is 440. The Morgan fingerprint density at radius 2 is 2.08 bits per heavy atom. The molecule has 0 aliphatic heterocycles. The van der Waals surface area contributed by atoms with E-state index in [1.54, 1.807) is 7.11 Å². The quantitative estimate of drug-likeness (QED) is 0.662. The highest BCUT2D eigenvalue weighted by molar-refractivity contribution is 5.83. The Morgan fingerprint density at radius 1 is 1.23 bits per heavy atom. The van der Waals surface area contributed by atoms with Crippen molar-refractivity contribution in [3.05, 3.63) is 30.1 Å². The molecular weight excluding hydrogens is 164 g/mol. The summed E-state index contributed by atoms with van der Waals surface area (Å²) in [5.41, 5.74) is 2.10. The molecule has 2 rings (SSSR count). The summed E-state index contributed by atoms with van der Waals surface area (Å²) in [4.78, 5) is 8.17. The van der Waals surface area contributed by atoms with Crippen LogP contribution in [0.5, 0.6) is 5.88 Å². The van der Waals surface area contributed by atoms with Gasteiger partial charge in [0, 0.05) is 0 Å². The second-order valence-electron chi connectivity index (χ2n) is 2.90. The maximum Gasteiger partial charge on any atom is 0.224 e. The van der Waals surface area contributed by atoms with Crippen LogP contribution in [-0.2, 0) is 0 Å². The van der Waals surface area contributed by atoms with Gasteiger partial charge in [-0.2, -0.15) is 0 Å². The summed E-state index contributed by atoms with van der Waals surface area (Å²) >= 11 is 0. The third-order valence-corrected chi connectivity index (χ3v) is 1.95. The molecule has 0 aliphatic carbocycles. The van der Waals surface area contributed by atoms with Crippen LogP contribution >= 0.6 is 0 Å². The molecule has 0 saturated carbocycles. The normalized spacial score (nSPS) is 10.3. The van der Waals surface area contributed by atoms with Gasteiger partial charge in [-0.15, -0.1) is 0 Å². The van der Waals surface area contributed by atoms with E-state index in [9.17, 15) is 0 Å². The van der Waals surface area contributed by atoms with Crippen molar-refractivity contribution in [2.75, 3.05) is 7.11 Å². The maximum atomic E-state index is 5.13. The molecule has 0 unspecified atom stereocenters. The molecule has 1 aromatic heterocycles. The van der Waals surface area contributed by atoms with Gasteiger partial charge in [-0.05, 0) is 19.1 Å². The van der Waals surface area contributed by atoms with Gasteiger partial charge in [-0.1, -0.05) is 11.6 Å². The zero-order chi connectivity index (χ0) is 9.26. The maximum absolute atomic E-state index is 5.13. The molecule has 0 amide bonds. The highest BCUT2D eigenvalue weighted by Gasteiger charge is 2.02. The SMILES string of the molecule is COc1ncnc2ccc(C)cc12. The van der Waals surface area contributed by atoms with Gasteiger partial charge < -0.3 is 4.74 Å². The zero-order valence-corrected chi connectivity index (χ0v) is 7.61. The molecule has 13 heavy (non-hydrogen) atoms. The van der Waals surface area contributed by atoms with Gasteiger partial charge in [0.1, 0.15) is 6.33 Å². The van der Waals surface area contributed by atoms with E-state index in [0.29, 0.717) is 5.88 Å². The second kappa shape index (κ2) is 3.01. The minimum atomic E-state index is 0.633. The summed E-state index contributed by atoms with van der Waals surface area (Å²) in [5.74, 6) is 0.633. The predicted octanol–water partition coefficient (Wildman–Crippen LogP) is 1.95. The van der Waals surface area contributed by atoms with Gasteiger partial charge >= 0.3 is 0 Å². The number of methoxy groups -OCH3 is 1. The number of rotatable bonds is 1.